The fraction of sp³-hybridized carbons (Fsp3) is 0.174. The summed E-state index contributed by atoms with van der Waals surface area (Å²) in [5, 5.41) is 19.1. The molecular formula is C23H22N2O4. The molecule has 0 amide bonds. The maximum absolute atomic E-state index is 11.6. The molecule has 0 unspecified atom stereocenters. The zero-order chi connectivity index (χ0) is 21.0. The molecule has 0 aliphatic heterocycles. The van der Waals surface area contributed by atoms with Gasteiger partial charge in [0.05, 0.1) is 28.3 Å². The normalized spacial score (nSPS) is 11.3. The van der Waals surface area contributed by atoms with Gasteiger partial charge in [0, 0.05) is 0 Å². The van der Waals surface area contributed by atoms with Crippen molar-refractivity contribution in [3.63, 3.8) is 0 Å². The third-order valence-corrected chi connectivity index (χ3v) is 4.53. The predicted molar refractivity (Wildman–Crippen MR) is 111 cm³/mol. The van der Waals surface area contributed by atoms with Gasteiger partial charge in [0.25, 0.3) is 0 Å². The Morgan fingerprint density at radius 1 is 1.00 bits per heavy atom. The number of aromatic hydroxyl groups is 1. The molecule has 6 heteroatoms. The number of rotatable bonds is 6. The van der Waals surface area contributed by atoms with Crippen molar-refractivity contribution in [2.75, 3.05) is 0 Å². The Balaban J connectivity index is 1.76. The van der Waals surface area contributed by atoms with Gasteiger partial charge in [0.1, 0.15) is 18.1 Å². The van der Waals surface area contributed by atoms with E-state index in [-0.39, 0.29) is 11.3 Å². The van der Waals surface area contributed by atoms with Crippen LogP contribution in [-0.2, 0) is 11.4 Å². The highest BCUT2D eigenvalue weighted by molar-refractivity contribution is 6.20. The zero-order valence-electron chi connectivity index (χ0n) is 16.5. The Hall–Kier alpha value is -3.67. The molecule has 0 saturated heterocycles. The molecule has 29 heavy (non-hydrogen) atoms. The minimum atomic E-state index is -1.07. The lowest BCUT2D eigenvalue weighted by atomic mass is 10.0. The number of carbonyl (C=O) groups is 1. The fourth-order valence-corrected chi connectivity index (χ4v) is 2.82. The molecule has 0 saturated carbocycles. The van der Waals surface area contributed by atoms with Gasteiger partial charge in [-0.05, 0) is 62.2 Å². The number of carboxylic acid groups (broad SMARTS) is 1. The molecule has 0 spiro atoms. The van der Waals surface area contributed by atoms with E-state index in [1.165, 1.54) is 12.1 Å². The van der Waals surface area contributed by atoms with Crippen LogP contribution in [0.25, 0.3) is 11.6 Å². The lowest BCUT2D eigenvalue weighted by Crippen LogP contribution is -2.06. The van der Waals surface area contributed by atoms with E-state index < -0.39 is 5.97 Å². The number of phenols is 1. The Bertz CT molecular complexity index is 1070. The summed E-state index contributed by atoms with van der Waals surface area (Å²) in [7, 11) is 0. The van der Waals surface area contributed by atoms with Crippen molar-refractivity contribution < 1.29 is 19.7 Å². The Kier molecular flexibility index (Phi) is 5.93. The van der Waals surface area contributed by atoms with E-state index in [2.05, 4.69) is 9.97 Å². The molecule has 2 aromatic carbocycles. The van der Waals surface area contributed by atoms with E-state index in [4.69, 9.17) is 4.74 Å². The second-order valence-electron chi connectivity index (χ2n) is 6.70. The summed E-state index contributed by atoms with van der Waals surface area (Å²) in [6, 6.07) is 13.3. The summed E-state index contributed by atoms with van der Waals surface area (Å²) in [6.07, 6.45) is 1.56. The fourth-order valence-electron chi connectivity index (χ4n) is 2.82. The maximum Gasteiger partial charge on any atom is 0.336 e. The molecule has 1 heterocycles. The van der Waals surface area contributed by atoms with Crippen molar-refractivity contribution in [2.45, 2.75) is 27.4 Å². The van der Waals surface area contributed by atoms with Crippen molar-refractivity contribution >= 4 is 17.6 Å². The molecule has 6 nitrogen and oxygen atoms in total. The van der Waals surface area contributed by atoms with Crippen LogP contribution in [0.5, 0.6) is 11.5 Å². The predicted octanol–water partition coefficient (Wildman–Crippen LogP) is 4.31. The second-order valence-corrected chi connectivity index (χ2v) is 6.70. The number of phenolic OH excluding ortho intramolecular Hbond substituents is 1. The summed E-state index contributed by atoms with van der Waals surface area (Å²) in [5.74, 6) is -0.404. The van der Waals surface area contributed by atoms with Gasteiger partial charge in [-0.3, -0.25) is 9.97 Å². The minimum absolute atomic E-state index is 0.0168. The zero-order valence-corrected chi connectivity index (χ0v) is 16.5. The van der Waals surface area contributed by atoms with Crippen LogP contribution in [0.4, 0.5) is 0 Å². The number of benzene rings is 2. The van der Waals surface area contributed by atoms with Crippen LogP contribution in [0.2, 0.25) is 0 Å². The summed E-state index contributed by atoms with van der Waals surface area (Å²) in [6.45, 7) is 6.05. The number of hydrogen-bond donors (Lipinski definition) is 2. The second kappa shape index (κ2) is 8.56. The van der Waals surface area contributed by atoms with Gasteiger partial charge >= 0.3 is 5.97 Å². The average Bonchev–Trinajstić information content (AvgIpc) is 2.68. The molecule has 3 aromatic rings. The van der Waals surface area contributed by atoms with Crippen LogP contribution in [0.3, 0.4) is 0 Å². The highest BCUT2D eigenvalue weighted by Gasteiger charge is 2.11. The molecule has 2 N–H and O–H groups in total. The van der Waals surface area contributed by atoms with E-state index in [1.54, 1.807) is 42.5 Å². The molecule has 0 atom stereocenters. The van der Waals surface area contributed by atoms with Crippen LogP contribution in [0, 0.1) is 20.8 Å². The van der Waals surface area contributed by atoms with Crippen molar-refractivity contribution in [1.82, 2.24) is 9.97 Å². The van der Waals surface area contributed by atoms with Crippen molar-refractivity contribution in [2.24, 2.45) is 0 Å². The van der Waals surface area contributed by atoms with E-state index in [9.17, 15) is 15.0 Å². The number of aryl methyl sites for hydroxylation is 3. The third-order valence-electron chi connectivity index (χ3n) is 4.53. The van der Waals surface area contributed by atoms with E-state index in [0.29, 0.717) is 23.5 Å². The van der Waals surface area contributed by atoms with Crippen LogP contribution < -0.4 is 4.74 Å². The first-order valence-electron chi connectivity index (χ1n) is 9.11. The number of carboxylic acids is 1. The van der Waals surface area contributed by atoms with Crippen LogP contribution in [0.1, 0.15) is 33.9 Å². The number of ether oxygens (including phenoxy) is 1. The molecule has 0 aliphatic carbocycles. The number of nitrogens with zero attached hydrogens (tertiary/aromatic N) is 2. The first-order valence-corrected chi connectivity index (χ1v) is 9.11. The quantitative estimate of drug-likeness (QED) is 0.481. The largest absolute Gasteiger partial charge is 0.508 e. The van der Waals surface area contributed by atoms with E-state index in [1.807, 2.05) is 20.8 Å². The van der Waals surface area contributed by atoms with E-state index in [0.717, 1.165) is 22.8 Å². The smallest absolute Gasteiger partial charge is 0.336 e. The minimum Gasteiger partial charge on any atom is -0.508 e. The topological polar surface area (TPSA) is 92.5 Å². The van der Waals surface area contributed by atoms with Gasteiger partial charge in [-0.1, -0.05) is 24.3 Å². The van der Waals surface area contributed by atoms with Crippen molar-refractivity contribution in [3.05, 3.63) is 82.4 Å². The van der Waals surface area contributed by atoms with Crippen LogP contribution in [0.15, 0.2) is 48.5 Å². The Labute approximate surface area is 169 Å². The molecular weight excluding hydrogens is 368 g/mol. The Morgan fingerprint density at radius 2 is 1.69 bits per heavy atom. The lowest BCUT2D eigenvalue weighted by Gasteiger charge is -2.10. The number of hydrogen-bond acceptors (Lipinski definition) is 5. The van der Waals surface area contributed by atoms with Crippen LogP contribution >= 0.6 is 0 Å². The van der Waals surface area contributed by atoms with Crippen molar-refractivity contribution in [3.8, 4) is 11.5 Å². The number of aromatic nitrogens is 2. The highest BCUT2D eigenvalue weighted by atomic mass is 16.5. The Morgan fingerprint density at radius 3 is 2.34 bits per heavy atom. The average molecular weight is 390 g/mol. The first kappa shape index (κ1) is 20.1. The van der Waals surface area contributed by atoms with E-state index >= 15 is 0 Å². The summed E-state index contributed by atoms with van der Waals surface area (Å²) >= 11 is 0. The van der Waals surface area contributed by atoms with Gasteiger partial charge in [-0.2, -0.15) is 0 Å². The lowest BCUT2D eigenvalue weighted by molar-refractivity contribution is -0.130. The monoisotopic (exact) mass is 390 g/mol. The van der Waals surface area contributed by atoms with Gasteiger partial charge < -0.3 is 14.9 Å². The molecule has 148 valence electrons. The molecule has 1 aromatic heterocycles. The number of aliphatic carboxylic acids is 1. The van der Waals surface area contributed by atoms with Crippen LogP contribution in [-0.4, -0.2) is 26.2 Å². The molecule has 0 bridgehead atoms. The van der Waals surface area contributed by atoms with Gasteiger partial charge in [0.2, 0.25) is 0 Å². The first-order chi connectivity index (χ1) is 13.8. The summed E-state index contributed by atoms with van der Waals surface area (Å²) in [5.41, 5.74) is 4.64. The standard InChI is InChI=1S/C23H22N2O4/c1-14-15(2)25-22(16(3)24-14)13-29-20-9-7-17(8-10-20)11-21(23(27)28)18-5-4-6-19(26)12-18/h4-12,26H,13H2,1-3H3,(H,27,28)/b21-11+. The molecule has 0 aliphatic rings. The molecule has 0 radical (unpaired) electrons. The molecule has 0 fully saturated rings. The van der Waals surface area contributed by atoms with Gasteiger partial charge in [0.15, 0.2) is 0 Å². The summed E-state index contributed by atoms with van der Waals surface area (Å²) in [4.78, 5) is 20.6. The van der Waals surface area contributed by atoms with Crippen molar-refractivity contribution in [1.29, 1.82) is 0 Å². The SMILES string of the molecule is Cc1nc(C)c(COc2ccc(/C=C(/C(=O)O)c3cccc(O)c3)cc2)nc1C. The van der Waals surface area contributed by atoms with Gasteiger partial charge in [-0.15, -0.1) is 0 Å². The van der Waals surface area contributed by atoms with Gasteiger partial charge in [-0.25, -0.2) is 4.79 Å². The highest BCUT2D eigenvalue weighted by Crippen LogP contribution is 2.23. The molecule has 3 rings (SSSR count). The third kappa shape index (κ3) is 4.99. The maximum atomic E-state index is 11.6. The summed E-state index contributed by atoms with van der Waals surface area (Å²) < 4.78 is 5.80.